The van der Waals surface area contributed by atoms with E-state index in [-0.39, 0.29) is 18.8 Å². The van der Waals surface area contributed by atoms with Crippen molar-refractivity contribution in [2.24, 2.45) is 0 Å². The lowest BCUT2D eigenvalue weighted by Crippen LogP contribution is -2.21. The molecular weight excluding hydrogens is 174 g/mol. The fourth-order valence-electron chi connectivity index (χ4n) is 0.283. The number of hydrogen-bond acceptors (Lipinski definition) is 4. The molecule has 0 unspecified atom stereocenters. The summed E-state index contributed by atoms with van der Waals surface area (Å²) in [4.78, 5) is 9.60. The number of carboxylic acids is 1. The highest BCUT2D eigenvalue weighted by Crippen LogP contribution is 1.81. The second kappa shape index (κ2) is 11.1. The van der Waals surface area contributed by atoms with Crippen molar-refractivity contribution in [3.8, 4) is 0 Å². The van der Waals surface area contributed by atoms with Gasteiger partial charge in [-0.1, -0.05) is 6.58 Å². The molecule has 5 nitrogen and oxygen atoms in total. The van der Waals surface area contributed by atoms with Gasteiger partial charge >= 0.3 is 5.97 Å². The normalized spacial score (nSPS) is 8.54. The Hall–Kier alpha value is -0.910. The van der Waals surface area contributed by atoms with Crippen molar-refractivity contribution in [2.75, 3.05) is 26.3 Å². The summed E-state index contributed by atoms with van der Waals surface area (Å²) < 4.78 is 0. The molecule has 0 heterocycles. The molecule has 0 fully saturated rings. The van der Waals surface area contributed by atoms with Crippen LogP contribution in [0.2, 0.25) is 0 Å². The van der Waals surface area contributed by atoms with Gasteiger partial charge in [0.1, 0.15) is 0 Å². The molecule has 0 aliphatic heterocycles. The van der Waals surface area contributed by atoms with E-state index in [0.29, 0.717) is 13.1 Å². The molecule has 13 heavy (non-hydrogen) atoms. The van der Waals surface area contributed by atoms with Crippen molar-refractivity contribution in [1.82, 2.24) is 5.32 Å². The molecule has 0 aromatic rings. The molecule has 0 spiro atoms. The van der Waals surface area contributed by atoms with Crippen LogP contribution in [0.15, 0.2) is 12.2 Å². The summed E-state index contributed by atoms with van der Waals surface area (Å²) in [5, 5.41) is 27.0. The number of rotatable bonds is 5. The van der Waals surface area contributed by atoms with Crippen LogP contribution < -0.4 is 5.32 Å². The number of carbonyl (C=O) groups is 1. The Labute approximate surface area is 77.7 Å². The molecule has 0 amide bonds. The van der Waals surface area contributed by atoms with Crippen molar-refractivity contribution in [2.45, 2.75) is 6.92 Å². The first-order valence-corrected chi connectivity index (χ1v) is 3.87. The summed E-state index contributed by atoms with van der Waals surface area (Å²) in [6.45, 7) is 6.02. The standard InChI is InChI=1S/C4H11NO2.C4H6O2/c6-3-1-5-2-4-7;1-3(2)4(5)6/h5-7H,1-4H2;1H2,2H3,(H,5,6). The fraction of sp³-hybridized carbons (Fsp3) is 0.625. The molecule has 0 saturated heterocycles. The van der Waals surface area contributed by atoms with Crippen LogP contribution in [0, 0.1) is 0 Å². The average molecular weight is 191 g/mol. The molecule has 0 aromatic heterocycles. The van der Waals surface area contributed by atoms with E-state index in [1.807, 2.05) is 0 Å². The van der Waals surface area contributed by atoms with Gasteiger partial charge in [-0.05, 0) is 6.92 Å². The Bertz CT molecular complexity index is 131. The predicted octanol–water partition coefficient (Wildman–Crippen LogP) is -0.792. The first-order valence-electron chi connectivity index (χ1n) is 3.87. The van der Waals surface area contributed by atoms with E-state index in [4.69, 9.17) is 15.3 Å². The Balaban J connectivity index is 0. The topological polar surface area (TPSA) is 89.8 Å². The van der Waals surface area contributed by atoms with Gasteiger partial charge in [-0.2, -0.15) is 0 Å². The summed E-state index contributed by atoms with van der Waals surface area (Å²) in [6.07, 6.45) is 0. The molecule has 0 rings (SSSR count). The predicted molar refractivity (Wildman–Crippen MR) is 49.5 cm³/mol. The van der Waals surface area contributed by atoms with Crippen molar-refractivity contribution in [3.63, 3.8) is 0 Å². The summed E-state index contributed by atoms with van der Waals surface area (Å²) in [6, 6.07) is 0. The Morgan fingerprint density at radius 2 is 1.62 bits per heavy atom. The molecule has 0 saturated carbocycles. The van der Waals surface area contributed by atoms with E-state index in [1.54, 1.807) is 0 Å². The third-order valence-corrected chi connectivity index (χ3v) is 0.942. The molecule has 0 aliphatic rings. The number of aliphatic hydroxyl groups excluding tert-OH is 2. The molecular formula is C8H17NO4. The van der Waals surface area contributed by atoms with Crippen LogP contribution in [0.3, 0.4) is 0 Å². The minimum atomic E-state index is -0.935. The summed E-state index contributed by atoms with van der Waals surface area (Å²) in [5.41, 5.74) is 0.176. The van der Waals surface area contributed by atoms with Gasteiger partial charge < -0.3 is 20.6 Å². The van der Waals surface area contributed by atoms with Gasteiger partial charge in [-0.15, -0.1) is 0 Å². The Morgan fingerprint density at radius 3 is 1.77 bits per heavy atom. The lowest BCUT2D eigenvalue weighted by molar-refractivity contribution is -0.132. The fourth-order valence-corrected chi connectivity index (χ4v) is 0.283. The maximum Gasteiger partial charge on any atom is 0.330 e. The zero-order chi connectivity index (χ0) is 10.7. The van der Waals surface area contributed by atoms with E-state index in [1.165, 1.54) is 6.92 Å². The quantitative estimate of drug-likeness (QED) is 0.338. The summed E-state index contributed by atoms with van der Waals surface area (Å²) in [5.74, 6) is -0.935. The monoisotopic (exact) mass is 191 g/mol. The molecule has 0 bridgehead atoms. The number of aliphatic carboxylic acids is 1. The maximum absolute atomic E-state index is 9.60. The van der Waals surface area contributed by atoms with Crippen LogP contribution in [-0.2, 0) is 4.79 Å². The highest BCUT2D eigenvalue weighted by atomic mass is 16.4. The van der Waals surface area contributed by atoms with Crippen molar-refractivity contribution in [3.05, 3.63) is 12.2 Å². The second-order valence-corrected chi connectivity index (χ2v) is 2.28. The summed E-state index contributed by atoms with van der Waals surface area (Å²) >= 11 is 0. The van der Waals surface area contributed by atoms with E-state index in [9.17, 15) is 4.79 Å². The molecule has 5 heteroatoms. The number of aliphatic hydroxyl groups is 2. The minimum absolute atomic E-state index is 0.139. The number of hydrogen-bond donors (Lipinski definition) is 4. The van der Waals surface area contributed by atoms with E-state index in [2.05, 4.69) is 11.9 Å². The van der Waals surface area contributed by atoms with Gasteiger partial charge in [0, 0.05) is 18.7 Å². The SMILES string of the molecule is C=C(C)C(=O)O.OCCNCCO. The lowest BCUT2D eigenvalue weighted by Gasteiger charge is -1.94. The highest BCUT2D eigenvalue weighted by Gasteiger charge is 1.90. The Kier molecular flexibility index (Phi) is 12.5. The first kappa shape index (κ1) is 14.6. The van der Waals surface area contributed by atoms with Crippen molar-refractivity contribution >= 4 is 5.97 Å². The minimum Gasteiger partial charge on any atom is -0.478 e. The van der Waals surface area contributed by atoms with E-state index < -0.39 is 5.97 Å². The smallest absolute Gasteiger partial charge is 0.330 e. The Morgan fingerprint density at radius 1 is 1.31 bits per heavy atom. The van der Waals surface area contributed by atoms with Crippen molar-refractivity contribution in [1.29, 1.82) is 0 Å². The van der Waals surface area contributed by atoms with Crippen LogP contribution in [0.1, 0.15) is 6.92 Å². The van der Waals surface area contributed by atoms with Gasteiger partial charge in [0.2, 0.25) is 0 Å². The third kappa shape index (κ3) is 18.2. The van der Waals surface area contributed by atoms with E-state index >= 15 is 0 Å². The van der Waals surface area contributed by atoms with Gasteiger partial charge in [-0.3, -0.25) is 0 Å². The third-order valence-electron chi connectivity index (χ3n) is 0.942. The van der Waals surface area contributed by atoms with Crippen LogP contribution in [0.4, 0.5) is 0 Å². The second-order valence-electron chi connectivity index (χ2n) is 2.28. The zero-order valence-electron chi connectivity index (χ0n) is 7.79. The maximum atomic E-state index is 9.60. The molecule has 0 aromatic carbocycles. The van der Waals surface area contributed by atoms with Gasteiger partial charge in [-0.25, -0.2) is 4.79 Å². The van der Waals surface area contributed by atoms with Crippen molar-refractivity contribution < 1.29 is 20.1 Å². The lowest BCUT2D eigenvalue weighted by atomic mass is 10.4. The summed E-state index contributed by atoms with van der Waals surface area (Å²) in [7, 11) is 0. The first-order chi connectivity index (χ1) is 6.06. The largest absolute Gasteiger partial charge is 0.478 e. The van der Waals surface area contributed by atoms with Crippen LogP contribution in [0.5, 0.6) is 0 Å². The number of carboxylic acid groups (broad SMARTS) is 1. The molecule has 78 valence electrons. The van der Waals surface area contributed by atoms with Crippen LogP contribution >= 0.6 is 0 Å². The van der Waals surface area contributed by atoms with Gasteiger partial charge in [0.05, 0.1) is 13.2 Å². The van der Waals surface area contributed by atoms with Gasteiger partial charge in [0.25, 0.3) is 0 Å². The molecule has 0 aliphatic carbocycles. The van der Waals surface area contributed by atoms with Crippen LogP contribution in [0.25, 0.3) is 0 Å². The average Bonchev–Trinajstić information content (AvgIpc) is 2.06. The molecule has 0 radical (unpaired) electrons. The zero-order valence-corrected chi connectivity index (χ0v) is 7.79. The molecule has 4 N–H and O–H groups in total. The van der Waals surface area contributed by atoms with Gasteiger partial charge in [0.15, 0.2) is 0 Å². The van der Waals surface area contributed by atoms with E-state index in [0.717, 1.165) is 0 Å². The molecule has 0 atom stereocenters. The number of nitrogens with one attached hydrogen (secondary N) is 1. The highest BCUT2D eigenvalue weighted by molar-refractivity contribution is 5.84. The van der Waals surface area contributed by atoms with Crippen LogP contribution in [-0.4, -0.2) is 47.6 Å².